The average Bonchev–Trinajstić information content (AvgIpc) is 3.06. The van der Waals surface area contributed by atoms with Crippen LogP contribution < -0.4 is 10.5 Å². The van der Waals surface area contributed by atoms with Gasteiger partial charge in [0.15, 0.2) is 11.9 Å². The summed E-state index contributed by atoms with van der Waals surface area (Å²) >= 11 is 0. The van der Waals surface area contributed by atoms with Gasteiger partial charge in [-0.2, -0.15) is 4.98 Å². The van der Waals surface area contributed by atoms with Crippen LogP contribution in [0.4, 0.5) is 5.95 Å². The Morgan fingerprint density at radius 2 is 2.09 bits per heavy atom. The quantitative estimate of drug-likeness (QED) is 0.672. The van der Waals surface area contributed by atoms with E-state index in [9.17, 15) is 14.7 Å². The molecule has 0 saturated carbocycles. The summed E-state index contributed by atoms with van der Waals surface area (Å²) in [7, 11) is 0. The Morgan fingerprint density at radius 1 is 1.36 bits per heavy atom. The van der Waals surface area contributed by atoms with E-state index in [1.807, 2.05) is 4.90 Å². The standard InChI is InChI=1S/C15H16N4O3/c1-2-5-19-13-10(12(21)11(9-20)14(19)22)8-16-15(17-13)18-6-3-4-7-18/h2,8-9,21H,1,3-7H2. The number of hydrogen-bond acceptors (Lipinski definition) is 6. The van der Waals surface area contributed by atoms with Crippen LogP contribution in [0.25, 0.3) is 11.0 Å². The van der Waals surface area contributed by atoms with Crippen molar-refractivity contribution in [2.75, 3.05) is 18.0 Å². The Labute approximate surface area is 126 Å². The minimum Gasteiger partial charge on any atom is -0.506 e. The lowest BCUT2D eigenvalue weighted by Crippen LogP contribution is -2.26. The number of carbonyl (C=O) groups excluding carboxylic acids is 1. The molecule has 0 spiro atoms. The van der Waals surface area contributed by atoms with Gasteiger partial charge in [-0.1, -0.05) is 6.08 Å². The highest BCUT2D eigenvalue weighted by Crippen LogP contribution is 2.26. The summed E-state index contributed by atoms with van der Waals surface area (Å²) in [5, 5.41) is 10.4. The molecule has 3 heterocycles. The SMILES string of the molecule is C=CCn1c(=O)c(C=O)c(O)c2cnc(N3CCCC3)nc21. The lowest BCUT2D eigenvalue weighted by Gasteiger charge is -2.17. The van der Waals surface area contributed by atoms with Gasteiger partial charge in [0.25, 0.3) is 5.56 Å². The topological polar surface area (TPSA) is 88.3 Å². The number of allylic oxidation sites excluding steroid dienone is 1. The second-order valence-corrected chi connectivity index (χ2v) is 5.19. The molecular weight excluding hydrogens is 284 g/mol. The maximum Gasteiger partial charge on any atom is 0.266 e. The van der Waals surface area contributed by atoms with Crippen molar-refractivity contribution in [3.8, 4) is 5.75 Å². The van der Waals surface area contributed by atoms with Gasteiger partial charge in [0.2, 0.25) is 5.95 Å². The zero-order chi connectivity index (χ0) is 15.7. The van der Waals surface area contributed by atoms with Crippen molar-refractivity contribution >= 4 is 23.3 Å². The summed E-state index contributed by atoms with van der Waals surface area (Å²) in [5.41, 5.74) is -0.553. The van der Waals surface area contributed by atoms with Crippen LogP contribution in [0.1, 0.15) is 23.2 Å². The third-order valence-corrected chi connectivity index (χ3v) is 3.82. The Kier molecular flexibility index (Phi) is 3.62. The van der Waals surface area contributed by atoms with Crippen LogP contribution in [0, 0.1) is 0 Å². The van der Waals surface area contributed by atoms with Gasteiger partial charge in [-0.05, 0) is 12.8 Å². The van der Waals surface area contributed by atoms with Crippen molar-refractivity contribution < 1.29 is 9.90 Å². The Bertz CT molecular complexity index is 807. The number of carbonyl (C=O) groups is 1. The first-order valence-electron chi connectivity index (χ1n) is 7.11. The van der Waals surface area contributed by atoms with Crippen molar-refractivity contribution in [1.29, 1.82) is 0 Å². The van der Waals surface area contributed by atoms with Gasteiger partial charge in [-0.3, -0.25) is 14.2 Å². The summed E-state index contributed by atoms with van der Waals surface area (Å²) in [6.45, 7) is 5.56. The van der Waals surface area contributed by atoms with Crippen LogP contribution in [0.5, 0.6) is 5.75 Å². The first-order chi connectivity index (χ1) is 10.7. The molecule has 7 heteroatoms. The highest BCUT2D eigenvalue weighted by atomic mass is 16.3. The number of hydrogen-bond donors (Lipinski definition) is 1. The van der Waals surface area contributed by atoms with E-state index in [4.69, 9.17) is 0 Å². The zero-order valence-corrected chi connectivity index (χ0v) is 12.0. The summed E-state index contributed by atoms with van der Waals surface area (Å²) in [6, 6.07) is 0. The molecule has 0 bridgehead atoms. The Morgan fingerprint density at radius 3 is 2.73 bits per heavy atom. The predicted octanol–water partition coefficient (Wildman–Crippen LogP) is 1.10. The number of aromatic nitrogens is 3. The van der Waals surface area contributed by atoms with Crippen molar-refractivity contribution in [2.24, 2.45) is 0 Å². The van der Waals surface area contributed by atoms with E-state index in [1.165, 1.54) is 10.8 Å². The van der Waals surface area contributed by atoms with E-state index in [2.05, 4.69) is 16.5 Å². The largest absolute Gasteiger partial charge is 0.506 e. The molecule has 1 fully saturated rings. The lowest BCUT2D eigenvalue weighted by molar-refractivity contribution is 0.111. The summed E-state index contributed by atoms with van der Waals surface area (Å²) < 4.78 is 1.33. The van der Waals surface area contributed by atoms with Crippen molar-refractivity contribution in [2.45, 2.75) is 19.4 Å². The molecule has 0 atom stereocenters. The summed E-state index contributed by atoms with van der Waals surface area (Å²) in [6.07, 6.45) is 5.51. The molecule has 1 aliphatic heterocycles. The zero-order valence-electron chi connectivity index (χ0n) is 12.0. The normalized spacial score (nSPS) is 14.5. The van der Waals surface area contributed by atoms with Crippen LogP contribution in [0.3, 0.4) is 0 Å². The Balaban J connectivity index is 2.29. The first-order valence-corrected chi connectivity index (χ1v) is 7.11. The van der Waals surface area contributed by atoms with E-state index in [-0.39, 0.29) is 23.2 Å². The number of rotatable bonds is 4. The highest BCUT2D eigenvalue weighted by Gasteiger charge is 2.20. The number of fused-ring (bicyclic) bond motifs is 1. The molecule has 0 aromatic carbocycles. The van der Waals surface area contributed by atoms with E-state index in [1.54, 1.807) is 6.08 Å². The number of pyridine rings is 1. The van der Waals surface area contributed by atoms with Crippen molar-refractivity contribution in [3.05, 3.63) is 34.8 Å². The second-order valence-electron chi connectivity index (χ2n) is 5.19. The van der Waals surface area contributed by atoms with Gasteiger partial charge in [-0.25, -0.2) is 4.98 Å². The van der Waals surface area contributed by atoms with Crippen molar-refractivity contribution in [1.82, 2.24) is 14.5 Å². The van der Waals surface area contributed by atoms with Gasteiger partial charge in [0, 0.05) is 25.8 Å². The minimum atomic E-state index is -0.578. The number of nitrogens with zero attached hydrogens (tertiary/aromatic N) is 4. The number of aromatic hydroxyl groups is 1. The monoisotopic (exact) mass is 300 g/mol. The molecule has 3 rings (SSSR count). The van der Waals surface area contributed by atoms with Gasteiger partial charge < -0.3 is 10.0 Å². The fourth-order valence-corrected chi connectivity index (χ4v) is 2.70. The van der Waals surface area contributed by atoms with Gasteiger partial charge >= 0.3 is 0 Å². The van der Waals surface area contributed by atoms with E-state index >= 15 is 0 Å². The number of aldehydes is 1. The molecule has 1 saturated heterocycles. The molecule has 2 aromatic rings. The molecule has 0 unspecified atom stereocenters. The maximum absolute atomic E-state index is 12.3. The lowest BCUT2D eigenvalue weighted by atomic mass is 10.2. The molecule has 0 aliphatic carbocycles. The average molecular weight is 300 g/mol. The van der Waals surface area contributed by atoms with Gasteiger partial charge in [0.1, 0.15) is 11.3 Å². The molecule has 0 amide bonds. The maximum atomic E-state index is 12.3. The highest BCUT2D eigenvalue weighted by molar-refractivity contribution is 5.91. The molecule has 0 radical (unpaired) electrons. The summed E-state index contributed by atoms with van der Waals surface area (Å²) in [4.78, 5) is 34.1. The molecule has 22 heavy (non-hydrogen) atoms. The fourth-order valence-electron chi connectivity index (χ4n) is 2.70. The smallest absolute Gasteiger partial charge is 0.266 e. The molecule has 1 aliphatic rings. The number of anilines is 1. The van der Waals surface area contributed by atoms with Crippen LogP contribution in [-0.4, -0.2) is 39.0 Å². The molecule has 2 aromatic heterocycles. The third kappa shape index (κ3) is 2.14. The van der Waals surface area contributed by atoms with Gasteiger partial charge in [0.05, 0.1) is 5.39 Å². The minimum absolute atomic E-state index is 0.201. The van der Waals surface area contributed by atoms with E-state index in [0.717, 1.165) is 25.9 Å². The fraction of sp³-hybridized carbons (Fsp3) is 0.333. The first kappa shape index (κ1) is 14.2. The summed E-state index contributed by atoms with van der Waals surface area (Å²) in [5.74, 6) is 0.156. The third-order valence-electron chi connectivity index (χ3n) is 3.82. The molecule has 114 valence electrons. The predicted molar refractivity (Wildman–Crippen MR) is 82.5 cm³/mol. The molecule has 1 N–H and O–H groups in total. The van der Waals surface area contributed by atoms with Crippen LogP contribution in [0.2, 0.25) is 0 Å². The van der Waals surface area contributed by atoms with Crippen molar-refractivity contribution in [3.63, 3.8) is 0 Å². The van der Waals surface area contributed by atoms with E-state index < -0.39 is 5.56 Å². The second kappa shape index (κ2) is 5.59. The molecular formula is C15H16N4O3. The van der Waals surface area contributed by atoms with Crippen LogP contribution >= 0.6 is 0 Å². The Hall–Kier alpha value is -2.70. The van der Waals surface area contributed by atoms with Gasteiger partial charge in [-0.15, -0.1) is 6.58 Å². The van der Waals surface area contributed by atoms with E-state index in [0.29, 0.717) is 17.9 Å². The van der Waals surface area contributed by atoms with Crippen LogP contribution in [-0.2, 0) is 6.54 Å². The molecule has 7 nitrogen and oxygen atoms in total. The van der Waals surface area contributed by atoms with Crippen LogP contribution in [0.15, 0.2) is 23.6 Å².